The van der Waals surface area contributed by atoms with Gasteiger partial charge in [0, 0.05) is 0 Å². The van der Waals surface area contributed by atoms with Crippen molar-refractivity contribution in [1.82, 2.24) is 4.98 Å². The SMILES string of the molecule is N#CC(=CC1CC=CCC1)c1[nH]c2ccccc2[nH+]1. The first-order chi connectivity index (χ1) is 9.36. The number of fused-ring (bicyclic) bond motifs is 1. The van der Waals surface area contributed by atoms with E-state index in [4.69, 9.17) is 0 Å². The fourth-order valence-electron chi connectivity index (χ4n) is 2.52. The van der Waals surface area contributed by atoms with Crippen LogP contribution in [0.5, 0.6) is 0 Å². The van der Waals surface area contributed by atoms with Crippen molar-refractivity contribution >= 4 is 16.6 Å². The highest BCUT2D eigenvalue weighted by Crippen LogP contribution is 2.23. The molecule has 0 radical (unpaired) electrons. The van der Waals surface area contributed by atoms with Gasteiger partial charge in [0.15, 0.2) is 11.0 Å². The second kappa shape index (κ2) is 5.11. The van der Waals surface area contributed by atoms with Crippen LogP contribution in [0.3, 0.4) is 0 Å². The molecule has 3 heteroatoms. The maximum absolute atomic E-state index is 9.36. The number of hydrogen-bond acceptors (Lipinski definition) is 1. The molecule has 0 fully saturated rings. The molecule has 2 N–H and O–H groups in total. The van der Waals surface area contributed by atoms with Crippen molar-refractivity contribution in [2.45, 2.75) is 19.3 Å². The van der Waals surface area contributed by atoms with Gasteiger partial charge in [-0.2, -0.15) is 5.26 Å². The van der Waals surface area contributed by atoms with Crippen molar-refractivity contribution in [3.05, 3.63) is 48.3 Å². The van der Waals surface area contributed by atoms with Crippen LogP contribution in [0.4, 0.5) is 0 Å². The molecule has 1 unspecified atom stereocenters. The van der Waals surface area contributed by atoms with Crippen LogP contribution in [0.25, 0.3) is 16.6 Å². The van der Waals surface area contributed by atoms with Gasteiger partial charge >= 0.3 is 0 Å². The van der Waals surface area contributed by atoms with Gasteiger partial charge in [-0.05, 0) is 37.3 Å². The Labute approximate surface area is 112 Å². The molecule has 94 valence electrons. The minimum absolute atomic E-state index is 0.472. The van der Waals surface area contributed by atoms with E-state index in [9.17, 15) is 5.26 Å². The van der Waals surface area contributed by atoms with Crippen molar-refractivity contribution < 1.29 is 4.98 Å². The summed E-state index contributed by atoms with van der Waals surface area (Å²) >= 11 is 0. The number of nitriles is 1. The summed E-state index contributed by atoms with van der Waals surface area (Å²) in [6.45, 7) is 0. The molecule has 1 aliphatic carbocycles. The summed E-state index contributed by atoms with van der Waals surface area (Å²) in [5, 5.41) is 9.36. The maximum atomic E-state index is 9.36. The fourth-order valence-corrected chi connectivity index (χ4v) is 2.52. The van der Waals surface area contributed by atoms with Gasteiger partial charge in [0.2, 0.25) is 0 Å². The van der Waals surface area contributed by atoms with Crippen LogP contribution in [0, 0.1) is 17.2 Å². The summed E-state index contributed by atoms with van der Waals surface area (Å²) in [5.74, 6) is 1.28. The van der Waals surface area contributed by atoms with Gasteiger partial charge in [-0.15, -0.1) is 0 Å². The molecule has 19 heavy (non-hydrogen) atoms. The summed E-state index contributed by atoms with van der Waals surface area (Å²) in [5.41, 5.74) is 2.76. The Morgan fingerprint density at radius 1 is 1.37 bits per heavy atom. The lowest BCUT2D eigenvalue weighted by molar-refractivity contribution is -0.348. The molecule has 0 spiro atoms. The summed E-state index contributed by atoms with van der Waals surface area (Å²) in [4.78, 5) is 6.54. The highest BCUT2D eigenvalue weighted by molar-refractivity contribution is 5.77. The lowest BCUT2D eigenvalue weighted by Crippen LogP contribution is -2.07. The largest absolute Gasteiger partial charge is 0.295 e. The van der Waals surface area contributed by atoms with E-state index >= 15 is 0 Å². The van der Waals surface area contributed by atoms with Crippen LogP contribution in [-0.2, 0) is 0 Å². The summed E-state index contributed by atoms with van der Waals surface area (Å²) in [6, 6.07) is 10.3. The van der Waals surface area contributed by atoms with Crippen molar-refractivity contribution in [2.75, 3.05) is 0 Å². The molecule has 0 saturated carbocycles. The predicted octanol–water partition coefficient (Wildman–Crippen LogP) is 3.25. The van der Waals surface area contributed by atoms with Gasteiger partial charge in [0.1, 0.15) is 11.6 Å². The number of aromatic amines is 2. The molecular weight excluding hydrogens is 234 g/mol. The van der Waals surface area contributed by atoms with E-state index in [-0.39, 0.29) is 0 Å². The van der Waals surface area contributed by atoms with E-state index in [1.165, 1.54) is 0 Å². The number of benzene rings is 1. The minimum atomic E-state index is 0.472. The van der Waals surface area contributed by atoms with Crippen molar-refractivity contribution in [2.24, 2.45) is 5.92 Å². The Morgan fingerprint density at radius 2 is 2.26 bits per heavy atom. The average Bonchev–Trinajstić information content (AvgIpc) is 2.89. The number of allylic oxidation sites excluding steroid dienone is 4. The molecule has 2 aromatic rings. The number of hydrogen-bond donors (Lipinski definition) is 1. The number of H-pyrrole nitrogens is 2. The van der Waals surface area contributed by atoms with Crippen molar-refractivity contribution in [3.63, 3.8) is 0 Å². The third-order valence-corrected chi connectivity index (χ3v) is 3.55. The molecule has 1 heterocycles. The molecule has 0 aliphatic heterocycles. The van der Waals surface area contributed by atoms with Crippen molar-refractivity contribution in [3.8, 4) is 6.07 Å². The maximum Gasteiger partial charge on any atom is 0.295 e. The zero-order valence-electron chi connectivity index (χ0n) is 10.7. The van der Waals surface area contributed by atoms with Crippen LogP contribution in [0.2, 0.25) is 0 Å². The zero-order chi connectivity index (χ0) is 13.1. The fraction of sp³-hybridized carbons (Fsp3) is 0.250. The van der Waals surface area contributed by atoms with Crippen LogP contribution in [-0.4, -0.2) is 4.98 Å². The summed E-state index contributed by atoms with van der Waals surface area (Å²) in [6.07, 6.45) is 9.77. The molecule has 1 aromatic carbocycles. The third-order valence-electron chi connectivity index (χ3n) is 3.55. The van der Waals surface area contributed by atoms with E-state index < -0.39 is 0 Å². The van der Waals surface area contributed by atoms with Gasteiger partial charge in [0.25, 0.3) is 5.82 Å². The Bertz CT molecular complexity index is 652. The third kappa shape index (κ3) is 2.43. The standard InChI is InChI=1S/C16H15N3/c17-11-13(10-12-6-2-1-3-7-12)16-18-14-8-4-5-9-15(14)19-16/h1-2,4-5,8-10,12H,3,6-7H2,(H,18,19)/p+1. The van der Waals surface area contributed by atoms with Gasteiger partial charge in [0.05, 0.1) is 0 Å². The first kappa shape index (κ1) is 11.7. The smallest absolute Gasteiger partial charge is 0.236 e. The lowest BCUT2D eigenvalue weighted by atomic mass is 9.92. The van der Waals surface area contributed by atoms with Crippen LogP contribution in [0.1, 0.15) is 25.1 Å². The highest BCUT2D eigenvalue weighted by Gasteiger charge is 2.16. The quantitative estimate of drug-likeness (QED) is 0.645. The molecule has 0 saturated heterocycles. The topological polar surface area (TPSA) is 53.7 Å². The van der Waals surface area contributed by atoms with E-state index in [2.05, 4.69) is 34.3 Å². The molecule has 1 aromatic heterocycles. The number of rotatable bonds is 2. The predicted molar refractivity (Wildman–Crippen MR) is 74.9 cm³/mol. The molecule has 1 atom stereocenters. The molecule has 3 nitrogen and oxygen atoms in total. The van der Waals surface area contributed by atoms with E-state index in [0.29, 0.717) is 11.5 Å². The summed E-state index contributed by atoms with van der Waals surface area (Å²) < 4.78 is 0. The first-order valence-electron chi connectivity index (χ1n) is 6.64. The minimum Gasteiger partial charge on any atom is -0.236 e. The normalized spacial score (nSPS) is 19.5. The first-order valence-corrected chi connectivity index (χ1v) is 6.64. The van der Waals surface area contributed by atoms with Crippen molar-refractivity contribution in [1.29, 1.82) is 5.26 Å². The Balaban J connectivity index is 1.95. The second-order valence-electron chi connectivity index (χ2n) is 4.91. The Hall–Kier alpha value is -2.34. The Morgan fingerprint density at radius 3 is 3.00 bits per heavy atom. The van der Waals surface area contributed by atoms with Gasteiger partial charge in [-0.1, -0.05) is 30.4 Å². The van der Waals surface area contributed by atoms with Gasteiger partial charge in [-0.25, -0.2) is 9.97 Å². The lowest BCUT2D eigenvalue weighted by Gasteiger charge is -2.12. The zero-order valence-corrected chi connectivity index (χ0v) is 10.7. The number of nitrogens with one attached hydrogen (secondary N) is 2. The second-order valence-corrected chi connectivity index (χ2v) is 4.91. The number of aromatic nitrogens is 2. The van der Waals surface area contributed by atoms with Crippen LogP contribution in [0.15, 0.2) is 42.5 Å². The van der Waals surface area contributed by atoms with Gasteiger partial charge < -0.3 is 0 Å². The highest BCUT2D eigenvalue weighted by atomic mass is 14.9. The number of nitrogens with zero attached hydrogens (tertiary/aromatic N) is 1. The van der Waals surface area contributed by atoms with Gasteiger partial charge in [-0.3, -0.25) is 0 Å². The molecule has 0 amide bonds. The molecule has 0 bridgehead atoms. The number of para-hydroxylation sites is 2. The van der Waals surface area contributed by atoms with E-state index in [1.54, 1.807) is 0 Å². The van der Waals surface area contributed by atoms with Crippen LogP contribution >= 0.6 is 0 Å². The molecule has 3 rings (SSSR count). The molecular formula is C16H16N3+. The summed E-state index contributed by atoms with van der Waals surface area (Å²) in [7, 11) is 0. The van der Waals surface area contributed by atoms with E-state index in [1.807, 2.05) is 24.3 Å². The number of imidazole rings is 1. The average molecular weight is 250 g/mol. The molecule has 1 aliphatic rings. The van der Waals surface area contributed by atoms with E-state index in [0.717, 1.165) is 36.1 Å². The monoisotopic (exact) mass is 250 g/mol. The Kier molecular flexibility index (Phi) is 3.16. The van der Waals surface area contributed by atoms with Crippen LogP contribution < -0.4 is 4.98 Å².